The van der Waals surface area contributed by atoms with Crippen molar-refractivity contribution < 1.29 is 22.7 Å². The number of primary amides is 1. The Bertz CT molecular complexity index is 1230. The molecule has 2 aromatic carbocycles. The zero-order valence-electron chi connectivity index (χ0n) is 19.0. The molecule has 10 heteroatoms. The van der Waals surface area contributed by atoms with Gasteiger partial charge in [-0.3, -0.25) is 9.69 Å². The van der Waals surface area contributed by atoms with Crippen molar-refractivity contribution in [3.05, 3.63) is 71.8 Å². The fourth-order valence-corrected chi connectivity index (χ4v) is 4.22. The molecule has 2 heterocycles. The van der Waals surface area contributed by atoms with Crippen molar-refractivity contribution in [2.75, 3.05) is 32.0 Å². The van der Waals surface area contributed by atoms with Crippen LogP contribution in [0.2, 0.25) is 0 Å². The van der Waals surface area contributed by atoms with Gasteiger partial charge in [0.15, 0.2) is 11.6 Å². The van der Waals surface area contributed by atoms with Crippen LogP contribution in [0.25, 0.3) is 11.3 Å². The molecule has 1 aliphatic heterocycles. The Kier molecular flexibility index (Phi) is 7.40. The summed E-state index contributed by atoms with van der Waals surface area (Å²) in [6.07, 6.45) is 4.99. The molecule has 1 atom stereocenters. The molecule has 1 saturated heterocycles. The number of aromatic nitrogens is 2. The van der Waals surface area contributed by atoms with E-state index in [1.165, 1.54) is 12.1 Å². The van der Waals surface area contributed by atoms with E-state index < -0.39 is 24.2 Å². The van der Waals surface area contributed by atoms with Gasteiger partial charge < -0.3 is 16.2 Å². The summed E-state index contributed by atoms with van der Waals surface area (Å²) >= 11 is 0. The Morgan fingerprint density at radius 1 is 1.17 bits per heavy atom. The average Bonchev–Trinajstić information content (AvgIpc) is 3.19. The molecule has 0 bridgehead atoms. The quantitative estimate of drug-likeness (QED) is 0.459. The Balaban J connectivity index is 1.58. The lowest BCUT2D eigenvalue weighted by Gasteiger charge is -2.32. The number of likely N-dealkylation sites (tertiary alicyclic amines) is 1. The summed E-state index contributed by atoms with van der Waals surface area (Å²) in [5.41, 5.74) is 13.0. The Morgan fingerprint density at radius 3 is 2.63 bits per heavy atom. The third kappa shape index (κ3) is 5.48. The molecule has 0 spiro atoms. The van der Waals surface area contributed by atoms with Gasteiger partial charge in [-0.05, 0) is 55.8 Å². The molecule has 0 saturated carbocycles. The van der Waals surface area contributed by atoms with Crippen LogP contribution in [0.3, 0.4) is 0 Å². The largest absolute Gasteiger partial charge is 0.454 e. The van der Waals surface area contributed by atoms with Crippen LogP contribution in [0.5, 0.6) is 11.5 Å². The van der Waals surface area contributed by atoms with Crippen molar-refractivity contribution in [1.82, 2.24) is 14.7 Å². The maximum absolute atomic E-state index is 13.9. The number of hydrogen-bond donors (Lipinski definition) is 2. The van der Waals surface area contributed by atoms with Gasteiger partial charge in [0.2, 0.25) is 0 Å². The van der Waals surface area contributed by atoms with E-state index in [4.69, 9.17) is 16.2 Å². The summed E-state index contributed by atoms with van der Waals surface area (Å²) in [4.78, 5) is 14.4. The maximum Gasteiger partial charge on any atom is 0.254 e. The van der Waals surface area contributed by atoms with Crippen LogP contribution >= 0.6 is 0 Å². The lowest BCUT2D eigenvalue weighted by atomic mass is 10.1. The van der Waals surface area contributed by atoms with E-state index in [-0.39, 0.29) is 23.2 Å². The molecule has 1 aromatic heterocycles. The molecule has 4 rings (SSSR count). The number of halogens is 3. The van der Waals surface area contributed by atoms with E-state index in [0.29, 0.717) is 30.1 Å². The first-order valence-corrected chi connectivity index (χ1v) is 11.2. The zero-order chi connectivity index (χ0) is 24.9. The van der Waals surface area contributed by atoms with Crippen molar-refractivity contribution in [1.29, 1.82) is 0 Å². The number of amides is 1. The number of alkyl halides is 1. The van der Waals surface area contributed by atoms with Gasteiger partial charge in [-0.25, -0.2) is 17.9 Å². The number of ether oxygens (including phenoxy) is 1. The zero-order valence-corrected chi connectivity index (χ0v) is 19.0. The van der Waals surface area contributed by atoms with Crippen molar-refractivity contribution in [3.63, 3.8) is 0 Å². The SMILES string of the molecule is NC(=O)c1c(-c2ccc(Oc3ccc(F)cc3F)cc2)nn([C@@H]2CCCN(C/C=C/CF)C2)c1N. The minimum atomic E-state index is -0.821. The summed E-state index contributed by atoms with van der Waals surface area (Å²) in [6, 6.07) is 9.45. The third-order valence-electron chi connectivity index (χ3n) is 5.89. The number of nitrogen functional groups attached to an aromatic ring is 1. The number of carbonyl (C=O) groups is 1. The van der Waals surface area contributed by atoms with E-state index in [0.717, 1.165) is 31.5 Å². The molecule has 1 fully saturated rings. The van der Waals surface area contributed by atoms with Crippen LogP contribution in [0.15, 0.2) is 54.6 Å². The first kappa shape index (κ1) is 24.3. The van der Waals surface area contributed by atoms with Crippen LogP contribution < -0.4 is 16.2 Å². The second kappa shape index (κ2) is 10.6. The van der Waals surface area contributed by atoms with Crippen LogP contribution in [-0.2, 0) is 0 Å². The van der Waals surface area contributed by atoms with Gasteiger partial charge in [-0.1, -0.05) is 12.2 Å². The van der Waals surface area contributed by atoms with Gasteiger partial charge >= 0.3 is 0 Å². The molecule has 3 aromatic rings. The van der Waals surface area contributed by atoms with E-state index in [9.17, 15) is 18.0 Å². The topological polar surface area (TPSA) is 99.4 Å². The number of anilines is 1. The number of nitrogens with zero attached hydrogens (tertiary/aromatic N) is 3. The monoisotopic (exact) mass is 485 g/mol. The molecule has 0 aliphatic carbocycles. The van der Waals surface area contributed by atoms with Crippen LogP contribution in [0, 0.1) is 11.6 Å². The third-order valence-corrected chi connectivity index (χ3v) is 5.89. The minimum absolute atomic E-state index is 0.0709. The lowest BCUT2D eigenvalue weighted by Crippen LogP contribution is -2.37. The fourth-order valence-electron chi connectivity index (χ4n) is 4.22. The van der Waals surface area contributed by atoms with Gasteiger partial charge in [0, 0.05) is 24.7 Å². The molecular formula is C25H26F3N5O2. The molecular weight excluding hydrogens is 459 g/mol. The Labute approximate surface area is 200 Å². The molecule has 35 heavy (non-hydrogen) atoms. The van der Waals surface area contributed by atoms with E-state index in [1.807, 2.05) is 0 Å². The Morgan fingerprint density at radius 2 is 1.94 bits per heavy atom. The molecule has 1 amide bonds. The summed E-state index contributed by atoms with van der Waals surface area (Å²) < 4.78 is 46.5. The summed E-state index contributed by atoms with van der Waals surface area (Å²) in [7, 11) is 0. The highest BCUT2D eigenvalue weighted by atomic mass is 19.1. The summed E-state index contributed by atoms with van der Waals surface area (Å²) in [6.45, 7) is 1.64. The number of benzene rings is 2. The molecule has 184 valence electrons. The van der Waals surface area contributed by atoms with Gasteiger partial charge in [-0.2, -0.15) is 5.10 Å². The molecule has 0 radical (unpaired) electrons. The Hall–Kier alpha value is -3.79. The number of carbonyl (C=O) groups excluding carboxylic acids is 1. The predicted octanol–water partition coefficient (Wildman–Crippen LogP) is 4.46. The second-order valence-electron chi connectivity index (χ2n) is 8.30. The van der Waals surface area contributed by atoms with E-state index >= 15 is 0 Å². The van der Waals surface area contributed by atoms with Gasteiger partial charge in [0.1, 0.15) is 35.3 Å². The highest BCUT2D eigenvalue weighted by Crippen LogP contribution is 2.33. The molecule has 1 aliphatic rings. The number of nitrogens with two attached hydrogens (primary N) is 2. The highest BCUT2D eigenvalue weighted by molar-refractivity contribution is 6.03. The van der Waals surface area contributed by atoms with Crippen molar-refractivity contribution >= 4 is 11.7 Å². The van der Waals surface area contributed by atoms with E-state index in [2.05, 4.69) is 10.00 Å². The normalized spacial score (nSPS) is 16.6. The van der Waals surface area contributed by atoms with Crippen LogP contribution in [0.1, 0.15) is 29.2 Å². The second-order valence-corrected chi connectivity index (χ2v) is 8.30. The number of rotatable bonds is 8. The van der Waals surface area contributed by atoms with Crippen molar-refractivity contribution in [2.45, 2.75) is 18.9 Å². The predicted molar refractivity (Wildman–Crippen MR) is 127 cm³/mol. The highest BCUT2D eigenvalue weighted by Gasteiger charge is 2.28. The molecule has 0 unspecified atom stereocenters. The first-order valence-electron chi connectivity index (χ1n) is 11.2. The molecule has 4 N–H and O–H groups in total. The van der Waals surface area contributed by atoms with Gasteiger partial charge in [0.25, 0.3) is 5.91 Å². The number of allylic oxidation sites excluding steroid dienone is 1. The first-order chi connectivity index (χ1) is 16.9. The smallest absolute Gasteiger partial charge is 0.254 e. The summed E-state index contributed by atoms with van der Waals surface area (Å²) in [5.74, 6) is -1.83. The van der Waals surface area contributed by atoms with E-state index in [1.54, 1.807) is 35.0 Å². The fraction of sp³-hybridized carbons (Fsp3) is 0.280. The number of piperidine rings is 1. The standard InChI is InChI=1S/C25H26F3N5O2/c26-11-1-2-12-32-13-3-4-18(15-32)33-24(29)22(25(30)34)23(31-33)16-5-8-19(9-6-16)35-21-10-7-17(27)14-20(21)28/h1-2,5-10,14,18H,3-4,11-13,15,29H2,(H2,30,34)/b2-1+/t18-/m1/s1. The minimum Gasteiger partial charge on any atom is -0.454 e. The van der Waals surface area contributed by atoms with Crippen molar-refractivity contribution in [3.8, 4) is 22.8 Å². The number of hydrogen-bond acceptors (Lipinski definition) is 5. The van der Waals surface area contributed by atoms with Gasteiger partial charge in [-0.15, -0.1) is 0 Å². The van der Waals surface area contributed by atoms with Crippen LogP contribution in [-0.4, -0.2) is 46.9 Å². The van der Waals surface area contributed by atoms with Crippen molar-refractivity contribution in [2.24, 2.45) is 5.73 Å². The lowest BCUT2D eigenvalue weighted by molar-refractivity contribution is 0.100. The summed E-state index contributed by atoms with van der Waals surface area (Å²) in [5, 5.41) is 4.64. The van der Waals surface area contributed by atoms with Gasteiger partial charge in [0.05, 0.1) is 6.04 Å². The van der Waals surface area contributed by atoms with Crippen LogP contribution in [0.4, 0.5) is 19.0 Å². The maximum atomic E-state index is 13.9. The average molecular weight is 486 g/mol. The molecule has 7 nitrogen and oxygen atoms in total.